The van der Waals surface area contributed by atoms with Crippen molar-refractivity contribution in [3.05, 3.63) is 52.0 Å². The summed E-state index contributed by atoms with van der Waals surface area (Å²) in [5.41, 5.74) is 0.708. The van der Waals surface area contributed by atoms with Gasteiger partial charge in [0.05, 0.1) is 23.5 Å². The van der Waals surface area contributed by atoms with Gasteiger partial charge >= 0.3 is 6.03 Å². The summed E-state index contributed by atoms with van der Waals surface area (Å²) in [5.74, 6) is -2.13. The van der Waals surface area contributed by atoms with Gasteiger partial charge < -0.3 is 4.74 Å². The predicted molar refractivity (Wildman–Crippen MR) is 105 cm³/mol. The van der Waals surface area contributed by atoms with Crippen LogP contribution >= 0.6 is 27.5 Å². The highest BCUT2D eigenvalue weighted by atomic mass is 79.9. The van der Waals surface area contributed by atoms with Crippen LogP contribution in [0.3, 0.4) is 0 Å². The first kappa shape index (κ1) is 19.1. The quantitative estimate of drug-likeness (QED) is 0.568. The first-order valence-electron chi connectivity index (χ1n) is 7.73. The topological polar surface area (TPSA) is 88.1 Å². The Kier molecular flexibility index (Phi) is 5.57. The normalized spacial score (nSPS) is 17.4. The molecule has 2 aromatic carbocycles. The second kappa shape index (κ2) is 7.89. The van der Waals surface area contributed by atoms with Crippen molar-refractivity contribution in [2.45, 2.75) is 0 Å². The number of aliphatic imine (C=N–C) groups is 1. The van der Waals surface area contributed by atoms with Crippen molar-refractivity contribution >= 4 is 63.0 Å². The van der Waals surface area contributed by atoms with Crippen molar-refractivity contribution in [1.29, 1.82) is 0 Å². The molecule has 1 fully saturated rings. The van der Waals surface area contributed by atoms with E-state index in [4.69, 9.17) is 16.3 Å². The van der Waals surface area contributed by atoms with Crippen LogP contribution in [0.4, 0.5) is 16.2 Å². The number of rotatable bonds is 4. The van der Waals surface area contributed by atoms with Crippen LogP contribution in [0.1, 0.15) is 0 Å². The average molecular weight is 451 g/mol. The molecule has 2 aromatic rings. The highest BCUT2D eigenvalue weighted by Crippen LogP contribution is 2.28. The molecule has 138 valence electrons. The molecular weight excluding hydrogens is 438 g/mol. The van der Waals surface area contributed by atoms with E-state index in [2.05, 4.69) is 26.2 Å². The standard InChI is InChI=1S/C18H13BrClN3O4/c1-27-12-5-3-11(4-6-12)23-17(25)13(16(24)22-18(23)26)9-21-15-7-2-10(19)8-14(15)20/h2-9,13H,1H3,(H,22,24,26)/t13-/m1/s1. The molecule has 1 N–H and O–H groups in total. The van der Waals surface area contributed by atoms with Crippen molar-refractivity contribution in [2.75, 3.05) is 12.0 Å². The fourth-order valence-corrected chi connectivity index (χ4v) is 3.16. The van der Waals surface area contributed by atoms with Gasteiger partial charge in [-0.2, -0.15) is 0 Å². The summed E-state index contributed by atoms with van der Waals surface area (Å²) in [6.45, 7) is 0. The second-order valence-electron chi connectivity index (χ2n) is 5.52. The van der Waals surface area contributed by atoms with Crippen LogP contribution in [-0.2, 0) is 9.59 Å². The number of hydrogen-bond donors (Lipinski definition) is 1. The number of benzene rings is 2. The van der Waals surface area contributed by atoms with Crippen LogP contribution in [0.5, 0.6) is 5.75 Å². The van der Waals surface area contributed by atoms with E-state index in [1.807, 2.05) is 0 Å². The molecule has 0 aromatic heterocycles. The maximum absolute atomic E-state index is 12.7. The summed E-state index contributed by atoms with van der Waals surface area (Å²) >= 11 is 9.38. The molecule has 1 heterocycles. The second-order valence-corrected chi connectivity index (χ2v) is 6.84. The number of ether oxygens (including phenoxy) is 1. The molecule has 0 saturated carbocycles. The van der Waals surface area contributed by atoms with Crippen LogP contribution < -0.4 is 15.0 Å². The molecular formula is C18H13BrClN3O4. The highest BCUT2D eigenvalue weighted by molar-refractivity contribution is 9.10. The number of nitrogens with zero attached hydrogens (tertiary/aromatic N) is 2. The van der Waals surface area contributed by atoms with Gasteiger partial charge in [-0.05, 0) is 42.5 Å². The number of barbiturate groups is 1. The zero-order valence-electron chi connectivity index (χ0n) is 14.0. The Hall–Kier alpha value is -2.71. The number of anilines is 1. The van der Waals surface area contributed by atoms with E-state index in [0.717, 1.165) is 9.37 Å². The molecule has 0 spiro atoms. The molecule has 9 heteroatoms. The van der Waals surface area contributed by atoms with Crippen LogP contribution in [-0.4, -0.2) is 31.2 Å². The third-order valence-electron chi connectivity index (χ3n) is 3.81. The van der Waals surface area contributed by atoms with Crippen molar-refractivity contribution in [3.8, 4) is 5.75 Å². The molecule has 1 atom stereocenters. The summed E-state index contributed by atoms with van der Waals surface area (Å²) in [6, 6.07) is 10.5. The Balaban J connectivity index is 1.88. The highest BCUT2D eigenvalue weighted by Gasteiger charge is 2.40. The largest absolute Gasteiger partial charge is 0.497 e. The SMILES string of the molecule is COc1ccc(N2C(=O)NC(=O)[C@@H](C=Nc3ccc(Br)cc3Cl)C2=O)cc1. The molecule has 0 aliphatic carbocycles. The zero-order chi connectivity index (χ0) is 19.6. The van der Waals surface area contributed by atoms with Gasteiger partial charge in [-0.3, -0.25) is 19.9 Å². The van der Waals surface area contributed by atoms with Crippen molar-refractivity contribution in [3.63, 3.8) is 0 Å². The van der Waals surface area contributed by atoms with E-state index >= 15 is 0 Å². The van der Waals surface area contributed by atoms with Gasteiger partial charge in [-0.15, -0.1) is 0 Å². The minimum absolute atomic E-state index is 0.311. The number of urea groups is 1. The molecule has 0 bridgehead atoms. The lowest BCUT2D eigenvalue weighted by atomic mass is 10.1. The number of methoxy groups -OCH3 is 1. The van der Waals surface area contributed by atoms with E-state index in [1.165, 1.54) is 13.3 Å². The van der Waals surface area contributed by atoms with E-state index in [1.54, 1.807) is 42.5 Å². The van der Waals surface area contributed by atoms with Crippen molar-refractivity contribution < 1.29 is 19.1 Å². The van der Waals surface area contributed by atoms with Gasteiger partial charge in [0, 0.05) is 10.7 Å². The van der Waals surface area contributed by atoms with E-state index in [0.29, 0.717) is 22.1 Å². The van der Waals surface area contributed by atoms with E-state index < -0.39 is 23.8 Å². The first-order valence-corrected chi connectivity index (χ1v) is 8.90. The molecule has 0 radical (unpaired) electrons. The summed E-state index contributed by atoms with van der Waals surface area (Å²) in [5, 5.41) is 2.52. The molecule has 1 aliphatic heterocycles. The van der Waals surface area contributed by atoms with Gasteiger partial charge in [0.25, 0.3) is 5.91 Å². The van der Waals surface area contributed by atoms with Crippen molar-refractivity contribution in [1.82, 2.24) is 5.32 Å². The van der Waals surface area contributed by atoms with Gasteiger partial charge in [0.1, 0.15) is 5.75 Å². The number of amides is 4. The van der Waals surface area contributed by atoms with Crippen LogP contribution in [0.25, 0.3) is 0 Å². The number of carbonyl (C=O) groups excluding carboxylic acids is 3. The molecule has 27 heavy (non-hydrogen) atoms. The lowest BCUT2D eigenvalue weighted by Crippen LogP contribution is -2.58. The van der Waals surface area contributed by atoms with Gasteiger partial charge in [-0.1, -0.05) is 27.5 Å². The van der Waals surface area contributed by atoms with E-state index in [9.17, 15) is 14.4 Å². The molecule has 1 saturated heterocycles. The van der Waals surface area contributed by atoms with Crippen LogP contribution in [0, 0.1) is 5.92 Å². The molecule has 7 nitrogen and oxygen atoms in total. The lowest BCUT2D eigenvalue weighted by molar-refractivity contribution is -0.131. The summed E-state index contributed by atoms with van der Waals surface area (Å²) in [4.78, 5) is 42.0. The Labute approximate surface area is 168 Å². The monoisotopic (exact) mass is 449 g/mol. The third kappa shape index (κ3) is 4.01. The number of nitrogens with one attached hydrogen (secondary N) is 1. The Morgan fingerprint density at radius 3 is 2.52 bits per heavy atom. The number of imide groups is 2. The van der Waals surface area contributed by atoms with Crippen LogP contribution in [0.15, 0.2) is 51.9 Å². The van der Waals surface area contributed by atoms with E-state index in [-0.39, 0.29) is 0 Å². The third-order valence-corrected chi connectivity index (χ3v) is 4.60. The Bertz CT molecular complexity index is 946. The minimum Gasteiger partial charge on any atom is -0.497 e. The van der Waals surface area contributed by atoms with Crippen molar-refractivity contribution in [2.24, 2.45) is 10.9 Å². The molecule has 0 unspecified atom stereocenters. The van der Waals surface area contributed by atoms with Gasteiger partial charge in [0.2, 0.25) is 5.91 Å². The van der Waals surface area contributed by atoms with Gasteiger partial charge in [0.15, 0.2) is 5.92 Å². The first-order chi connectivity index (χ1) is 12.9. The minimum atomic E-state index is -1.26. The predicted octanol–water partition coefficient (Wildman–Crippen LogP) is 3.71. The summed E-state index contributed by atoms with van der Waals surface area (Å²) in [6.07, 6.45) is 1.18. The Morgan fingerprint density at radius 2 is 1.89 bits per heavy atom. The molecule has 3 rings (SSSR count). The molecule has 1 aliphatic rings. The lowest BCUT2D eigenvalue weighted by Gasteiger charge is -2.28. The molecule has 4 amide bonds. The maximum Gasteiger partial charge on any atom is 0.335 e. The maximum atomic E-state index is 12.7. The fraction of sp³-hybridized carbons (Fsp3) is 0.111. The zero-order valence-corrected chi connectivity index (χ0v) is 16.3. The van der Waals surface area contributed by atoms with Gasteiger partial charge in [-0.25, -0.2) is 9.69 Å². The number of hydrogen-bond acceptors (Lipinski definition) is 5. The summed E-state index contributed by atoms with van der Waals surface area (Å²) < 4.78 is 5.83. The number of carbonyl (C=O) groups is 3. The average Bonchev–Trinajstić information content (AvgIpc) is 2.63. The Morgan fingerprint density at radius 1 is 1.19 bits per heavy atom. The smallest absolute Gasteiger partial charge is 0.335 e. The summed E-state index contributed by atoms with van der Waals surface area (Å²) in [7, 11) is 1.51. The number of halogens is 2. The van der Waals surface area contributed by atoms with Crippen LogP contribution in [0.2, 0.25) is 5.02 Å². The fourth-order valence-electron chi connectivity index (χ4n) is 2.44.